The second-order valence-electron chi connectivity index (χ2n) is 3.33. The van der Waals surface area contributed by atoms with E-state index >= 15 is 0 Å². The first-order valence-electron chi connectivity index (χ1n) is 5.11. The van der Waals surface area contributed by atoms with Gasteiger partial charge in [-0.3, -0.25) is 9.59 Å². The molecule has 0 aromatic heterocycles. The van der Waals surface area contributed by atoms with Crippen LogP contribution in [0, 0.1) is 0 Å². The van der Waals surface area contributed by atoms with E-state index in [-0.39, 0.29) is 12.5 Å². The summed E-state index contributed by atoms with van der Waals surface area (Å²) in [7, 11) is 0. The number of alkyl halides is 2. The molecule has 2 amide bonds. The predicted molar refractivity (Wildman–Crippen MR) is 75.0 cm³/mol. The standard InChI is InChI=1S/C11H11BrCl2N2O2/c12-8-4-2-1-3-7(8)10(17)15-5-6-16-11(18)9(13)14/h1-4,9H,5-6H2,(H,15,17)(H,16,18). The molecule has 0 spiro atoms. The van der Waals surface area contributed by atoms with Gasteiger partial charge in [0.1, 0.15) is 0 Å². The molecular formula is C11H11BrCl2N2O2. The Hall–Kier alpha value is -0.780. The molecule has 18 heavy (non-hydrogen) atoms. The molecule has 7 heteroatoms. The molecule has 4 nitrogen and oxygen atoms in total. The quantitative estimate of drug-likeness (QED) is 0.629. The maximum absolute atomic E-state index is 11.7. The van der Waals surface area contributed by atoms with E-state index in [9.17, 15) is 9.59 Å². The molecule has 1 rings (SSSR count). The molecule has 0 atom stereocenters. The van der Waals surface area contributed by atoms with Gasteiger partial charge in [-0.25, -0.2) is 0 Å². The van der Waals surface area contributed by atoms with Crippen LogP contribution < -0.4 is 10.6 Å². The van der Waals surface area contributed by atoms with Crippen LogP contribution in [0.3, 0.4) is 0 Å². The van der Waals surface area contributed by atoms with E-state index in [1.54, 1.807) is 18.2 Å². The first kappa shape index (κ1) is 15.3. The molecule has 0 aliphatic carbocycles. The predicted octanol–water partition coefficient (Wildman–Crippen LogP) is 2.10. The van der Waals surface area contributed by atoms with Gasteiger partial charge in [0.05, 0.1) is 5.56 Å². The van der Waals surface area contributed by atoms with Crippen LogP contribution in [-0.4, -0.2) is 29.7 Å². The molecule has 0 aliphatic heterocycles. The molecular weight excluding hydrogens is 343 g/mol. The zero-order valence-electron chi connectivity index (χ0n) is 9.25. The fourth-order valence-electron chi connectivity index (χ4n) is 1.18. The van der Waals surface area contributed by atoms with E-state index in [4.69, 9.17) is 23.2 Å². The number of nitrogens with one attached hydrogen (secondary N) is 2. The van der Waals surface area contributed by atoms with Gasteiger partial charge in [-0.1, -0.05) is 35.3 Å². The number of benzene rings is 1. The summed E-state index contributed by atoms with van der Waals surface area (Å²) in [5.74, 6) is -0.696. The number of carbonyl (C=O) groups is 2. The van der Waals surface area contributed by atoms with Crippen LogP contribution in [0.25, 0.3) is 0 Å². The van der Waals surface area contributed by atoms with Crippen LogP contribution >= 0.6 is 39.1 Å². The molecule has 1 aromatic carbocycles. The summed E-state index contributed by atoms with van der Waals surface area (Å²) in [5, 5.41) is 5.14. The Bertz CT molecular complexity index is 441. The fraction of sp³-hybridized carbons (Fsp3) is 0.273. The molecule has 0 aliphatic rings. The van der Waals surface area contributed by atoms with Crippen molar-refractivity contribution in [3.8, 4) is 0 Å². The highest BCUT2D eigenvalue weighted by molar-refractivity contribution is 9.10. The SMILES string of the molecule is O=C(NCCNC(=O)C(Cl)Cl)c1ccccc1Br. The van der Waals surface area contributed by atoms with E-state index in [0.717, 1.165) is 0 Å². The van der Waals surface area contributed by atoms with Crippen LogP contribution in [0.15, 0.2) is 28.7 Å². The molecule has 0 heterocycles. The van der Waals surface area contributed by atoms with Gasteiger partial charge in [0.25, 0.3) is 11.8 Å². The van der Waals surface area contributed by atoms with Gasteiger partial charge in [0.15, 0.2) is 4.84 Å². The number of carbonyl (C=O) groups excluding carboxylic acids is 2. The van der Waals surface area contributed by atoms with E-state index < -0.39 is 10.7 Å². The van der Waals surface area contributed by atoms with E-state index in [2.05, 4.69) is 26.6 Å². The third kappa shape index (κ3) is 4.84. The van der Waals surface area contributed by atoms with Crippen LogP contribution in [0.5, 0.6) is 0 Å². The topological polar surface area (TPSA) is 58.2 Å². The van der Waals surface area contributed by atoms with Crippen LogP contribution in [-0.2, 0) is 4.79 Å². The summed E-state index contributed by atoms with van der Waals surface area (Å²) in [5.41, 5.74) is 0.538. The van der Waals surface area contributed by atoms with Crippen LogP contribution in [0.4, 0.5) is 0 Å². The second-order valence-corrected chi connectivity index (χ2v) is 5.28. The Morgan fingerprint density at radius 3 is 2.39 bits per heavy atom. The van der Waals surface area contributed by atoms with Crippen molar-refractivity contribution in [1.29, 1.82) is 0 Å². The Morgan fingerprint density at radius 2 is 1.78 bits per heavy atom. The number of halogens is 3. The molecule has 0 bridgehead atoms. The largest absolute Gasteiger partial charge is 0.352 e. The third-order valence-corrected chi connectivity index (χ3v) is 3.11. The zero-order valence-corrected chi connectivity index (χ0v) is 12.3. The highest BCUT2D eigenvalue weighted by Gasteiger charge is 2.11. The fourth-order valence-corrected chi connectivity index (χ4v) is 1.80. The van der Waals surface area contributed by atoms with E-state index in [1.165, 1.54) is 0 Å². The Labute approximate surface area is 123 Å². The van der Waals surface area contributed by atoms with Gasteiger partial charge in [-0.15, -0.1) is 0 Å². The highest BCUT2D eigenvalue weighted by Crippen LogP contribution is 2.15. The zero-order chi connectivity index (χ0) is 13.5. The maximum atomic E-state index is 11.7. The van der Waals surface area contributed by atoms with Gasteiger partial charge >= 0.3 is 0 Å². The van der Waals surface area contributed by atoms with E-state index in [0.29, 0.717) is 16.6 Å². The summed E-state index contributed by atoms with van der Waals surface area (Å²) in [6.45, 7) is 0.567. The lowest BCUT2D eigenvalue weighted by atomic mass is 10.2. The third-order valence-electron chi connectivity index (χ3n) is 2.03. The summed E-state index contributed by atoms with van der Waals surface area (Å²) >= 11 is 14.0. The van der Waals surface area contributed by atoms with Crippen molar-refractivity contribution >= 4 is 50.9 Å². The lowest BCUT2D eigenvalue weighted by molar-refractivity contribution is -0.119. The number of hydrogen-bond donors (Lipinski definition) is 2. The maximum Gasteiger partial charge on any atom is 0.253 e. The van der Waals surface area contributed by atoms with Gasteiger partial charge in [-0.2, -0.15) is 0 Å². The monoisotopic (exact) mass is 352 g/mol. The molecule has 2 N–H and O–H groups in total. The van der Waals surface area contributed by atoms with Gasteiger partial charge in [0, 0.05) is 17.6 Å². The van der Waals surface area contributed by atoms with Gasteiger partial charge < -0.3 is 10.6 Å². The Balaban J connectivity index is 2.35. The van der Waals surface area contributed by atoms with Gasteiger partial charge in [-0.05, 0) is 28.1 Å². The second kappa shape index (κ2) is 7.61. The minimum atomic E-state index is -1.09. The molecule has 1 aromatic rings. The lowest BCUT2D eigenvalue weighted by Crippen LogP contribution is -2.36. The molecule has 0 saturated heterocycles. The molecule has 98 valence electrons. The number of amides is 2. The normalized spacial score (nSPS) is 10.2. The Morgan fingerprint density at radius 1 is 1.17 bits per heavy atom. The number of hydrogen-bond acceptors (Lipinski definition) is 2. The summed E-state index contributed by atoms with van der Waals surface area (Å²) in [4.78, 5) is 21.7. The Kier molecular flexibility index (Phi) is 6.46. The van der Waals surface area contributed by atoms with Crippen LogP contribution in [0.2, 0.25) is 0 Å². The first-order chi connectivity index (χ1) is 8.52. The van der Waals surface area contributed by atoms with Crippen molar-refractivity contribution in [2.75, 3.05) is 13.1 Å². The average molecular weight is 354 g/mol. The summed E-state index contributed by atoms with van der Waals surface area (Å²) in [6, 6.07) is 7.07. The van der Waals surface area contributed by atoms with Crippen molar-refractivity contribution in [3.05, 3.63) is 34.3 Å². The van der Waals surface area contributed by atoms with Crippen molar-refractivity contribution < 1.29 is 9.59 Å². The van der Waals surface area contributed by atoms with Crippen molar-refractivity contribution in [2.45, 2.75) is 4.84 Å². The molecule has 0 radical (unpaired) electrons. The number of rotatable bonds is 5. The minimum Gasteiger partial charge on any atom is -0.352 e. The van der Waals surface area contributed by atoms with Crippen molar-refractivity contribution in [1.82, 2.24) is 10.6 Å². The van der Waals surface area contributed by atoms with Crippen molar-refractivity contribution in [3.63, 3.8) is 0 Å². The van der Waals surface area contributed by atoms with Crippen molar-refractivity contribution in [2.24, 2.45) is 0 Å². The summed E-state index contributed by atoms with van der Waals surface area (Å²) in [6.07, 6.45) is 0. The smallest absolute Gasteiger partial charge is 0.253 e. The molecule has 0 fully saturated rings. The lowest BCUT2D eigenvalue weighted by Gasteiger charge is -2.08. The minimum absolute atomic E-state index is 0.218. The first-order valence-corrected chi connectivity index (χ1v) is 6.77. The van der Waals surface area contributed by atoms with Gasteiger partial charge in [0.2, 0.25) is 0 Å². The highest BCUT2D eigenvalue weighted by atomic mass is 79.9. The average Bonchev–Trinajstić information content (AvgIpc) is 2.34. The summed E-state index contributed by atoms with van der Waals surface area (Å²) < 4.78 is 0.716. The van der Waals surface area contributed by atoms with E-state index in [1.807, 2.05) is 6.07 Å². The molecule has 0 saturated carbocycles. The van der Waals surface area contributed by atoms with Crippen LogP contribution in [0.1, 0.15) is 10.4 Å². The molecule has 0 unspecified atom stereocenters.